The van der Waals surface area contributed by atoms with Crippen LogP contribution in [-0.2, 0) is 9.53 Å². The first-order valence-corrected chi connectivity index (χ1v) is 9.04. The molecule has 8 heteroatoms. The Morgan fingerprint density at radius 2 is 2.12 bits per heavy atom. The lowest BCUT2D eigenvalue weighted by Gasteiger charge is -2.35. The molecule has 2 heterocycles. The maximum absolute atomic E-state index is 12.0. The van der Waals surface area contributed by atoms with Crippen LogP contribution in [0, 0.1) is 0 Å². The van der Waals surface area contributed by atoms with Crippen molar-refractivity contribution < 1.29 is 19.2 Å². The van der Waals surface area contributed by atoms with Crippen molar-refractivity contribution in [3.63, 3.8) is 0 Å². The van der Waals surface area contributed by atoms with E-state index in [0.29, 0.717) is 17.4 Å². The predicted octanol–water partition coefficient (Wildman–Crippen LogP) is -1.21. The molecule has 1 aromatic carbocycles. The van der Waals surface area contributed by atoms with Crippen LogP contribution in [-0.4, -0.2) is 70.1 Å². The van der Waals surface area contributed by atoms with E-state index in [1.165, 1.54) is 4.90 Å². The van der Waals surface area contributed by atoms with Crippen LogP contribution in [0.4, 0.5) is 5.69 Å². The van der Waals surface area contributed by atoms with Gasteiger partial charge in [0.05, 0.1) is 38.5 Å². The first kappa shape index (κ1) is 17.9. The zero-order chi connectivity index (χ0) is 17.6. The number of carbonyl (C=O) groups excluding carboxylic acids is 1. The SMILES string of the molecule is CNC(=O)[C@@H]1CN(C(=S)NCC[NH+]2CCOCC2)c2ccccc2O1. The van der Waals surface area contributed by atoms with Crippen LogP contribution < -0.4 is 25.2 Å². The topological polar surface area (TPSA) is 67.3 Å². The van der Waals surface area contributed by atoms with Gasteiger partial charge in [-0.2, -0.15) is 0 Å². The van der Waals surface area contributed by atoms with Gasteiger partial charge in [0.1, 0.15) is 18.8 Å². The smallest absolute Gasteiger partial charge is 0.262 e. The van der Waals surface area contributed by atoms with E-state index in [4.69, 9.17) is 21.7 Å². The second-order valence-corrected chi connectivity index (χ2v) is 6.53. The zero-order valence-electron chi connectivity index (χ0n) is 14.4. The van der Waals surface area contributed by atoms with Gasteiger partial charge in [0, 0.05) is 7.05 Å². The third-order valence-corrected chi connectivity index (χ3v) is 4.88. The van der Waals surface area contributed by atoms with Crippen molar-refractivity contribution in [2.75, 3.05) is 57.9 Å². The fourth-order valence-electron chi connectivity index (χ4n) is 3.08. The monoisotopic (exact) mass is 365 g/mol. The summed E-state index contributed by atoms with van der Waals surface area (Å²) in [5.41, 5.74) is 0.888. The molecule has 3 N–H and O–H groups in total. The van der Waals surface area contributed by atoms with E-state index in [2.05, 4.69) is 10.6 Å². The fraction of sp³-hybridized carbons (Fsp3) is 0.529. The van der Waals surface area contributed by atoms with Gasteiger partial charge in [0.25, 0.3) is 5.91 Å². The minimum absolute atomic E-state index is 0.153. The molecule has 25 heavy (non-hydrogen) atoms. The van der Waals surface area contributed by atoms with Gasteiger partial charge in [-0.1, -0.05) is 12.1 Å². The molecule has 0 aliphatic carbocycles. The Morgan fingerprint density at radius 1 is 1.36 bits per heavy atom. The summed E-state index contributed by atoms with van der Waals surface area (Å²) in [7, 11) is 1.61. The Balaban J connectivity index is 1.62. The molecule has 136 valence electrons. The lowest BCUT2D eigenvalue weighted by Crippen LogP contribution is -3.14. The number of nitrogens with one attached hydrogen (secondary N) is 3. The number of hydrogen-bond acceptors (Lipinski definition) is 4. The van der Waals surface area contributed by atoms with Crippen LogP contribution in [0.2, 0.25) is 0 Å². The second-order valence-electron chi connectivity index (χ2n) is 6.14. The molecule has 1 saturated heterocycles. The van der Waals surface area contributed by atoms with Gasteiger partial charge < -0.3 is 29.9 Å². The lowest BCUT2D eigenvalue weighted by atomic mass is 10.2. The van der Waals surface area contributed by atoms with Gasteiger partial charge in [0.2, 0.25) is 0 Å². The van der Waals surface area contributed by atoms with Crippen molar-refractivity contribution in [1.29, 1.82) is 0 Å². The number of morpholine rings is 1. The first-order chi connectivity index (χ1) is 12.2. The molecular formula is C17H25N4O3S+. The van der Waals surface area contributed by atoms with Crippen LogP contribution in [0.25, 0.3) is 0 Å². The number of ether oxygens (including phenoxy) is 2. The van der Waals surface area contributed by atoms with E-state index < -0.39 is 6.10 Å². The Bertz CT molecular complexity index is 622. The van der Waals surface area contributed by atoms with Gasteiger partial charge >= 0.3 is 0 Å². The Labute approximate surface area is 153 Å². The quantitative estimate of drug-likeness (QED) is 0.582. The van der Waals surface area contributed by atoms with Crippen molar-refractivity contribution in [2.45, 2.75) is 6.10 Å². The number of anilines is 1. The Kier molecular flexibility index (Phi) is 6.06. The molecule has 0 bridgehead atoms. The van der Waals surface area contributed by atoms with Crippen molar-refractivity contribution in [1.82, 2.24) is 10.6 Å². The molecule has 3 rings (SSSR count). The van der Waals surface area contributed by atoms with E-state index in [1.807, 2.05) is 29.2 Å². The molecular weight excluding hydrogens is 340 g/mol. The van der Waals surface area contributed by atoms with Gasteiger partial charge in [-0.15, -0.1) is 0 Å². The number of likely N-dealkylation sites (N-methyl/N-ethyl adjacent to an activating group) is 1. The molecule has 1 amide bonds. The van der Waals surface area contributed by atoms with E-state index in [9.17, 15) is 4.79 Å². The summed E-state index contributed by atoms with van der Waals surface area (Å²) in [4.78, 5) is 15.5. The summed E-state index contributed by atoms with van der Waals surface area (Å²) in [6.07, 6.45) is -0.579. The number of fused-ring (bicyclic) bond motifs is 1. The van der Waals surface area contributed by atoms with Gasteiger partial charge in [-0.05, 0) is 24.4 Å². The Morgan fingerprint density at radius 3 is 2.88 bits per heavy atom. The highest BCUT2D eigenvalue weighted by Gasteiger charge is 2.31. The van der Waals surface area contributed by atoms with Crippen molar-refractivity contribution in [3.05, 3.63) is 24.3 Å². The number of thiocarbonyl (C=S) groups is 1. The number of rotatable bonds is 4. The Hall–Kier alpha value is -1.90. The largest absolute Gasteiger partial charge is 0.477 e. The van der Waals surface area contributed by atoms with Crippen molar-refractivity contribution in [3.8, 4) is 5.75 Å². The van der Waals surface area contributed by atoms with E-state index in [-0.39, 0.29) is 5.91 Å². The molecule has 1 aromatic rings. The van der Waals surface area contributed by atoms with Crippen molar-refractivity contribution in [2.24, 2.45) is 0 Å². The van der Waals surface area contributed by atoms with Crippen molar-refractivity contribution >= 4 is 28.9 Å². The number of para-hydroxylation sites is 2. The van der Waals surface area contributed by atoms with Crippen LogP contribution in [0.1, 0.15) is 0 Å². The van der Waals surface area contributed by atoms with E-state index in [1.54, 1.807) is 7.05 Å². The van der Waals surface area contributed by atoms with Crippen LogP contribution >= 0.6 is 12.2 Å². The minimum Gasteiger partial charge on any atom is -0.477 e. The van der Waals surface area contributed by atoms with E-state index in [0.717, 1.165) is 45.1 Å². The third-order valence-electron chi connectivity index (χ3n) is 4.51. The maximum Gasteiger partial charge on any atom is 0.262 e. The highest BCUT2D eigenvalue weighted by Crippen LogP contribution is 2.33. The maximum atomic E-state index is 12.0. The standard InChI is InChI=1S/C17H24N4O3S/c1-18-16(22)15-12-21(13-4-2-3-5-14(13)24-15)17(25)19-6-7-20-8-10-23-11-9-20/h2-5,15H,6-12H2,1H3,(H,18,22)(H,19,25)/p+1/t15-/m0/s1. The van der Waals surface area contributed by atoms with Crippen LogP contribution in [0.3, 0.4) is 0 Å². The van der Waals surface area contributed by atoms with Crippen LogP contribution in [0.5, 0.6) is 5.75 Å². The minimum atomic E-state index is -0.579. The van der Waals surface area contributed by atoms with Crippen LogP contribution in [0.15, 0.2) is 24.3 Å². The van der Waals surface area contributed by atoms with Gasteiger partial charge in [-0.3, -0.25) is 4.79 Å². The number of benzene rings is 1. The molecule has 0 saturated carbocycles. The zero-order valence-corrected chi connectivity index (χ0v) is 15.2. The molecule has 0 radical (unpaired) electrons. The molecule has 0 spiro atoms. The molecule has 1 fully saturated rings. The molecule has 0 aromatic heterocycles. The number of carbonyl (C=O) groups is 1. The molecule has 0 unspecified atom stereocenters. The number of quaternary nitrogens is 1. The number of amides is 1. The highest BCUT2D eigenvalue weighted by molar-refractivity contribution is 7.80. The predicted molar refractivity (Wildman–Crippen MR) is 99.3 cm³/mol. The summed E-state index contributed by atoms with van der Waals surface area (Å²) in [6.45, 7) is 5.90. The third kappa shape index (κ3) is 4.39. The highest BCUT2D eigenvalue weighted by atomic mass is 32.1. The van der Waals surface area contributed by atoms with Gasteiger partial charge in [-0.25, -0.2) is 0 Å². The fourth-order valence-corrected chi connectivity index (χ4v) is 3.35. The summed E-state index contributed by atoms with van der Waals surface area (Å²) >= 11 is 5.59. The summed E-state index contributed by atoms with van der Waals surface area (Å²) in [6, 6.07) is 7.64. The summed E-state index contributed by atoms with van der Waals surface area (Å²) in [5.74, 6) is 0.519. The number of nitrogens with zero attached hydrogens (tertiary/aromatic N) is 1. The molecule has 7 nitrogen and oxygen atoms in total. The summed E-state index contributed by atoms with van der Waals surface area (Å²) < 4.78 is 11.2. The molecule has 1 atom stereocenters. The first-order valence-electron chi connectivity index (χ1n) is 8.63. The normalized spacial score (nSPS) is 20.4. The average molecular weight is 365 g/mol. The number of hydrogen-bond donors (Lipinski definition) is 3. The average Bonchev–Trinajstić information content (AvgIpc) is 2.67. The second kappa shape index (κ2) is 8.46. The lowest BCUT2D eigenvalue weighted by molar-refractivity contribution is -0.906. The molecule has 2 aliphatic heterocycles. The summed E-state index contributed by atoms with van der Waals surface area (Å²) in [5, 5.41) is 6.59. The van der Waals surface area contributed by atoms with Gasteiger partial charge in [0.15, 0.2) is 11.2 Å². The van der Waals surface area contributed by atoms with E-state index >= 15 is 0 Å². The molecule has 2 aliphatic rings.